The van der Waals surface area contributed by atoms with E-state index in [0.29, 0.717) is 0 Å². The molecule has 2 rings (SSSR count). The van der Waals surface area contributed by atoms with Gasteiger partial charge in [-0.1, -0.05) is 12.1 Å². The lowest BCUT2D eigenvalue weighted by atomic mass is 9.89. The van der Waals surface area contributed by atoms with E-state index in [4.69, 9.17) is 0 Å². The normalized spacial score (nSPS) is 20.6. The zero-order valence-corrected chi connectivity index (χ0v) is 13.1. The molecule has 1 atom stereocenters. The summed E-state index contributed by atoms with van der Waals surface area (Å²) < 4.78 is 0. The van der Waals surface area contributed by atoms with E-state index >= 15 is 0 Å². The number of carbonyl (C=O) groups is 1. The van der Waals surface area contributed by atoms with Crippen LogP contribution in [0.4, 0.5) is 0 Å². The van der Waals surface area contributed by atoms with Gasteiger partial charge in [-0.25, -0.2) is 4.79 Å². The lowest BCUT2D eigenvalue weighted by Gasteiger charge is -2.42. The van der Waals surface area contributed by atoms with Crippen LogP contribution in [0.15, 0.2) is 29.2 Å². The van der Waals surface area contributed by atoms with Crippen molar-refractivity contribution in [3.05, 3.63) is 29.8 Å². The standard InChI is InChI=1S/C15H22N2O2S/c1-15(14(18)19,17-10-8-16(2)9-11-17)12-4-6-13(20-3)7-5-12/h4-7H,8-11H2,1-3H3,(H,18,19). The smallest absolute Gasteiger partial charge is 0.328 e. The van der Waals surface area contributed by atoms with Crippen LogP contribution in [0.25, 0.3) is 0 Å². The van der Waals surface area contributed by atoms with Gasteiger partial charge in [0, 0.05) is 31.1 Å². The van der Waals surface area contributed by atoms with Gasteiger partial charge in [-0.05, 0) is 37.9 Å². The molecule has 1 aliphatic rings. The first-order valence-corrected chi connectivity index (χ1v) is 8.02. The van der Waals surface area contributed by atoms with Gasteiger partial charge in [-0.3, -0.25) is 4.90 Å². The molecule has 20 heavy (non-hydrogen) atoms. The highest BCUT2D eigenvalue weighted by molar-refractivity contribution is 7.98. The third-order valence-corrected chi connectivity index (χ3v) is 4.95. The van der Waals surface area contributed by atoms with E-state index in [1.807, 2.05) is 37.4 Å². The van der Waals surface area contributed by atoms with Gasteiger partial charge >= 0.3 is 5.97 Å². The molecule has 0 radical (unpaired) electrons. The number of thioether (sulfide) groups is 1. The quantitative estimate of drug-likeness (QED) is 0.860. The van der Waals surface area contributed by atoms with Gasteiger partial charge < -0.3 is 10.0 Å². The number of carboxylic acids is 1. The zero-order valence-electron chi connectivity index (χ0n) is 12.3. The average Bonchev–Trinajstić information content (AvgIpc) is 2.47. The fourth-order valence-corrected chi connectivity index (χ4v) is 3.02. The molecule has 1 aliphatic heterocycles. The summed E-state index contributed by atoms with van der Waals surface area (Å²) in [5.41, 5.74) is -0.0922. The van der Waals surface area contributed by atoms with Gasteiger partial charge in [0.05, 0.1) is 0 Å². The molecule has 1 fully saturated rings. The number of hydrogen-bond acceptors (Lipinski definition) is 4. The summed E-state index contributed by atoms with van der Waals surface area (Å²) in [5, 5.41) is 9.77. The van der Waals surface area contributed by atoms with Gasteiger partial charge in [-0.15, -0.1) is 11.8 Å². The first-order chi connectivity index (χ1) is 9.48. The second kappa shape index (κ2) is 6.16. The molecule has 0 aliphatic carbocycles. The highest BCUT2D eigenvalue weighted by atomic mass is 32.2. The van der Waals surface area contributed by atoms with Crippen molar-refractivity contribution in [1.82, 2.24) is 9.80 Å². The molecule has 1 aromatic carbocycles. The summed E-state index contributed by atoms with van der Waals surface area (Å²) in [6.07, 6.45) is 2.02. The Kier molecular flexibility index (Phi) is 4.73. The SMILES string of the molecule is CSc1ccc(C(C)(C(=O)O)N2CCN(C)CC2)cc1. The van der Waals surface area contributed by atoms with Gasteiger partial charge in [-0.2, -0.15) is 0 Å². The monoisotopic (exact) mass is 294 g/mol. The summed E-state index contributed by atoms with van der Waals surface area (Å²) >= 11 is 1.66. The molecule has 1 N–H and O–H groups in total. The highest BCUT2D eigenvalue weighted by Crippen LogP contribution is 2.31. The van der Waals surface area contributed by atoms with Crippen LogP contribution in [0.3, 0.4) is 0 Å². The molecular formula is C15H22N2O2S. The van der Waals surface area contributed by atoms with Gasteiger partial charge in [0.15, 0.2) is 0 Å². The number of piperazine rings is 1. The molecule has 0 bridgehead atoms. The van der Waals surface area contributed by atoms with E-state index in [1.165, 1.54) is 0 Å². The number of aliphatic carboxylic acids is 1. The largest absolute Gasteiger partial charge is 0.480 e. The molecule has 5 heteroatoms. The van der Waals surface area contributed by atoms with Crippen LogP contribution in [-0.2, 0) is 10.3 Å². The summed E-state index contributed by atoms with van der Waals surface area (Å²) in [7, 11) is 2.07. The van der Waals surface area contributed by atoms with Crippen molar-refractivity contribution < 1.29 is 9.90 Å². The summed E-state index contributed by atoms with van der Waals surface area (Å²) in [6, 6.07) is 7.88. The molecule has 0 amide bonds. The van der Waals surface area contributed by atoms with E-state index in [9.17, 15) is 9.90 Å². The predicted octanol–water partition coefficient (Wildman–Crippen LogP) is 1.96. The number of rotatable bonds is 4. The Morgan fingerprint density at radius 3 is 2.20 bits per heavy atom. The van der Waals surface area contributed by atoms with Crippen molar-refractivity contribution in [3.63, 3.8) is 0 Å². The Bertz CT molecular complexity index is 469. The summed E-state index contributed by atoms with van der Waals surface area (Å²) in [6.45, 7) is 5.19. The minimum atomic E-state index is -0.946. The number of likely N-dealkylation sites (N-methyl/N-ethyl adjacent to an activating group) is 1. The molecule has 1 heterocycles. The van der Waals surface area contributed by atoms with Crippen LogP contribution in [0.5, 0.6) is 0 Å². The molecule has 1 unspecified atom stereocenters. The molecule has 1 saturated heterocycles. The average molecular weight is 294 g/mol. The van der Waals surface area contributed by atoms with Crippen LogP contribution in [0.2, 0.25) is 0 Å². The predicted molar refractivity (Wildman–Crippen MR) is 82.3 cm³/mol. The summed E-state index contributed by atoms with van der Waals surface area (Å²) in [4.78, 5) is 17.4. The van der Waals surface area contributed by atoms with E-state index < -0.39 is 11.5 Å². The Morgan fingerprint density at radius 1 is 1.20 bits per heavy atom. The third-order valence-electron chi connectivity index (χ3n) is 4.20. The fourth-order valence-electron chi connectivity index (χ4n) is 2.61. The Morgan fingerprint density at radius 2 is 1.75 bits per heavy atom. The Balaban J connectivity index is 2.30. The molecular weight excluding hydrogens is 272 g/mol. The second-order valence-corrected chi connectivity index (χ2v) is 6.28. The molecule has 0 saturated carbocycles. The van der Waals surface area contributed by atoms with Gasteiger partial charge in [0.2, 0.25) is 0 Å². The topological polar surface area (TPSA) is 43.8 Å². The van der Waals surface area contributed by atoms with Crippen LogP contribution >= 0.6 is 11.8 Å². The van der Waals surface area contributed by atoms with Crippen LogP contribution < -0.4 is 0 Å². The molecule has 4 nitrogen and oxygen atoms in total. The van der Waals surface area contributed by atoms with Crippen LogP contribution in [0, 0.1) is 0 Å². The zero-order chi connectivity index (χ0) is 14.8. The number of benzene rings is 1. The maximum atomic E-state index is 11.9. The maximum absolute atomic E-state index is 11.9. The molecule has 0 aromatic heterocycles. The Hall–Kier alpha value is -1.04. The fraction of sp³-hybridized carbons (Fsp3) is 0.533. The first-order valence-electron chi connectivity index (χ1n) is 6.80. The van der Waals surface area contributed by atoms with E-state index in [-0.39, 0.29) is 0 Å². The lowest BCUT2D eigenvalue weighted by Crippen LogP contribution is -2.56. The van der Waals surface area contributed by atoms with Crippen molar-refractivity contribution in [1.29, 1.82) is 0 Å². The summed E-state index contributed by atoms with van der Waals surface area (Å²) in [5.74, 6) is -0.779. The third kappa shape index (κ3) is 2.85. The maximum Gasteiger partial charge on any atom is 0.328 e. The second-order valence-electron chi connectivity index (χ2n) is 5.40. The van der Waals surface area contributed by atoms with E-state index in [0.717, 1.165) is 36.6 Å². The Labute approximate surface area is 124 Å². The van der Waals surface area contributed by atoms with Crippen molar-refractivity contribution in [2.75, 3.05) is 39.5 Å². The minimum Gasteiger partial charge on any atom is -0.480 e. The minimum absolute atomic E-state index is 0.779. The number of hydrogen-bond donors (Lipinski definition) is 1. The molecule has 0 spiro atoms. The van der Waals surface area contributed by atoms with E-state index in [2.05, 4.69) is 16.8 Å². The number of nitrogens with zero attached hydrogens (tertiary/aromatic N) is 2. The van der Waals surface area contributed by atoms with Crippen LogP contribution in [-0.4, -0.2) is 60.4 Å². The lowest BCUT2D eigenvalue weighted by molar-refractivity contribution is -0.152. The van der Waals surface area contributed by atoms with Crippen molar-refractivity contribution >= 4 is 17.7 Å². The van der Waals surface area contributed by atoms with Gasteiger partial charge in [0.25, 0.3) is 0 Å². The van der Waals surface area contributed by atoms with Crippen molar-refractivity contribution in [3.8, 4) is 0 Å². The van der Waals surface area contributed by atoms with Gasteiger partial charge in [0.1, 0.15) is 5.54 Å². The number of carboxylic acid groups (broad SMARTS) is 1. The van der Waals surface area contributed by atoms with Crippen LogP contribution in [0.1, 0.15) is 12.5 Å². The van der Waals surface area contributed by atoms with Crippen molar-refractivity contribution in [2.45, 2.75) is 17.4 Å². The molecule has 110 valence electrons. The van der Waals surface area contributed by atoms with Crippen molar-refractivity contribution in [2.24, 2.45) is 0 Å². The molecule has 1 aromatic rings. The highest BCUT2D eigenvalue weighted by Gasteiger charge is 2.42. The first kappa shape index (κ1) is 15.4. The van der Waals surface area contributed by atoms with E-state index in [1.54, 1.807) is 11.8 Å².